The third-order valence-electron chi connectivity index (χ3n) is 10.0. The van der Waals surface area contributed by atoms with Crippen molar-refractivity contribution in [3.05, 3.63) is 29.3 Å². The molecule has 0 atom stereocenters. The quantitative estimate of drug-likeness (QED) is 0.0545. The summed E-state index contributed by atoms with van der Waals surface area (Å²) in [5.74, 6) is 0. The van der Waals surface area contributed by atoms with Crippen molar-refractivity contribution in [1.29, 1.82) is 0 Å². The number of hydrogen-bond donors (Lipinski definition) is 0. The lowest BCUT2D eigenvalue weighted by atomic mass is 9.96. The van der Waals surface area contributed by atoms with Gasteiger partial charge in [-0.3, -0.25) is 8.38 Å². The van der Waals surface area contributed by atoms with E-state index >= 15 is 0 Å². The van der Waals surface area contributed by atoms with Crippen LogP contribution in [0, 0.1) is 0 Å². The lowest BCUT2D eigenvalue weighted by molar-refractivity contribution is -0.287. The van der Waals surface area contributed by atoms with Gasteiger partial charge in [0, 0.05) is 0 Å². The van der Waals surface area contributed by atoms with E-state index in [1.165, 1.54) is 205 Å². The molecule has 0 N–H and O–H groups in total. The molecule has 45 heavy (non-hydrogen) atoms. The minimum Gasteiger partial charge on any atom is -0.838 e. The fourth-order valence-corrected chi connectivity index (χ4v) is 7.71. The summed E-state index contributed by atoms with van der Waals surface area (Å²) in [5, 5.41) is 0.583. The van der Waals surface area contributed by atoms with Crippen LogP contribution in [0.25, 0.3) is 0 Å². The van der Waals surface area contributed by atoms with Crippen molar-refractivity contribution in [3.8, 4) is 0 Å². The van der Waals surface area contributed by atoms with E-state index in [2.05, 4.69) is 19.9 Å². The first-order valence-electron chi connectivity index (χ1n) is 20.5. The second-order valence-electron chi connectivity index (χ2n) is 14.3. The average molecular weight is 645 g/mol. The lowest BCUT2D eigenvalue weighted by Crippen LogP contribution is -2.24. The maximum Gasteiger partial charge on any atom is -0.0271 e. The highest BCUT2D eigenvalue weighted by atomic mass is 31.2. The zero-order chi connectivity index (χ0) is 32.5. The summed E-state index contributed by atoms with van der Waals surface area (Å²) in [6.07, 6.45) is 46.0. The van der Waals surface area contributed by atoms with E-state index in [-0.39, 0.29) is 0 Å². The monoisotopic (exact) mass is 645 g/mol. The van der Waals surface area contributed by atoms with E-state index in [1.807, 2.05) is 12.1 Å². The van der Waals surface area contributed by atoms with Crippen LogP contribution in [0.15, 0.2) is 18.2 Å². The second-order valence-corrected chi connectivity index (χ2v) is 15.3. The van der Waals surface area contributed by atoms with Gasteiger partial charge < -0.3 is 9.79 Å². The Hall–Kier alpha value is -0.430. The molecule has 0 radical (unpaired) electrons. The largest absolute Gasteiger partial charge is 0.838 e. The Morgan fingerprint density at radius 3 is 0.978 bits per heavy atom. The first-order valence-corrected chi connectivity index (χ1v) is 21.6. The summed E-state index contributed by atoms with van der Waals surface area (Å²) >= 11 is 0. The molecule has 264 valence electrons. The van der Waals surface area contributed by atoms with Gasteiger partial charge in [0.1, 0.15) is 0 Å². The number of rotatable bonds is 35. The van der Waals surface area contributed by atoms with E-state index in [4.69, 9.17) is 0 Å². The molecule has 3 heteroatoms. The van der Waals surface area contributed by atoms with E-state index in [0.717, 1.165) is 24.8 Å². The van der Waals surface area contributed by atoms with Crippen LogP contribution in [0.4, 0.5) is 0 Å². The van der Waals surface area contributed by atoms with Crippen molar-refractivity contribution in [3.63, 3.8) is 0 Å². The summed E-state index contributed by atoms with van der Waals surface area (Å²) in [6, 6.07) is 5.97. The SMILES string of the molecule is CCCCCCCCCCCCCCCCCCc1cccc(P([O-])[O-])c1CCCCCCCCCCCCCCCCCC. The molecule has 0 aliphatic heterocycles. The predicted octanol–water partition coefficient (Wildman–Crippen LogP) is 13.0. The summed E-state index contributed by atoms with van der Waals surface area (Å²) in [5.41, 5.74) is 2.41. The fourth-order valence-electron chi connectivity index (χ4n) is 7.03. The lowest BCUT2D eigenvalue weighted by Gasteiger charge is -2.34. The van der Waals surface area contributed by atoms with Crippen molar-refractivity contribution >= 4 is 13.7 Å². The van der Waals surface area contributed by atoms with Crippen LogP contribution in [0.2, 0.25) is 0 Å². The zero-order valence-electron chi connectivity index (χ0n) is 30.5. The van der Waals surface area contributed by atoms with Crippen LogP contribution < -0.4 is 15.1 Å². The van der Waals surface area contributed by atoms with Gasteiger partial charge in [0.2, 0.25) is 0 Å². The van der Waals surface area contributed by atoms with Gasteiger partial charge in [0.15, 0.2) is 0 Å². The zero-order valence-corrected chi connectivity index (χ0v) is 31.4. The molecule has 0 fully saturated rings. The van der Waals surface area contributed by atoms with Crippen LogP contribution in [0.5, 0.6) is 0 Å². The topological polar surface area (TPSA) is 46.1 Å². The van der Waals surface area contributed by atoms with Gasteiger partial charge in [-0.1, -0.05) is 230 Å². The number of aryl methyl sites for hydroxylation is 1. The standard InChI is InChI=1S/C42H77O2P/c1-3-5-7-9-11-13-15-17-19-21-23-25-27-29-31-33-36-40-37-35-39-42(45(43)44)41(40)38-34-32-30-28-26-24-22-20-18-16-14-12-10-8-6-4-2/h35,37,39H,3-34,36,38H2,1-2H3/q-2. The summed E-state index contributed by atoms with van der Waals surface area (Å²) in [6.45, 7) is 4.58. The fraction of sp³-hybridized carbons (Fsp3) is 0.857. The molecule has 0 amide bonds. The maximum atomic E-state index is 12.0. The van der Waals surface area contributed by atoms with Gasteiger partial charge in [-0.2, -0.15) is 0 Å². The Balaban J connectivity index is 2.07. The molecule has 0 spiro atoms. The van der Waals surface area contributed by atoms with Gasteiger partial charge in [-0.15, -0.1) is 0 Å². The van der Waals surface area contributed by atoms with Crippen molar-refractivity contribution in [2.45, 2.75) is 232 Å². The van der Waals surface area contributed by atoms with Crippen LogP contribution in [-0.4, -0.2) is 0 Å². The van der Waals surface area contributed by atoms with Gasteiger partial charge in [-0.25, -0.2) is 0 Å². The Morgan fingerprint density at radius 1 is 0.378 bits per heavy atom. The normalized spacial score (nSPS) is 11.7. The number of unbranched alkanes of at least 4 members (excludes halogenated alkanes) is 30. The molecule has 2 nitrogen and oxygen atoms in total. The molecule has 0 aromatic heterocycles. The Kier molecular flexibility index (Phi) is 31.7. The van der Waals surface area contributed by atoms with Crippen molar-refractivity contribution in [2.75, 3.05) is 0 Å². The van der Waals surface area contributed by atoms with Gasteiger partial charge in [0.05, 0.1) is 0 Å². The second kappa shape index (κ2) is 33.5. The predicted molar refractivity (Wildman–Crippen MR) is 199 cm³/mol. The van der Waals surface area contributed by atoms with E-state index < -0.39 is 8.38 Å². The minimum absolute atomic E-state index is 0.583. The molecule has 0 aliphatic carbocycles. The molecule has 1 aromatic rings. The average Bonchev–Trinajstić information content (AvgIpc) is 3.04. The molecule has 1 rings (SSSR count). The first kappa shape index (κ1) is 42.6. The van der Waals surface area contributed by atoms with E-state index in [1.54, 1.807) is 0 Å². The molecule has 0 bridgehead atoms. The Morgan fingerprint density at radius 2 is 0.667 bits per heavy atom. The molecular weight excluding hydrogens is 567 g/mol. The van der Waals surface area contributed by atoms with Crippen molar-refractivity contribution in [2.24, 2.45) is 0 Å². The van der Waals surface area contributed by atoms with Gasteiger partial charge in [0.25, 0.3) is 0 Å². The van der Waals surface area contributed by atoms with Crippen molar-refractivity contribution in [1.82, 2.24) is 0 Å². The maximum absolute atomic E-state index is 12.0. The van der Waals surface area contributed by atoms with E-state index in [0.29, 0.717) is 5.30 Å². The molecule has 0 aliphatic rings. The highest BCUT2D eigenvalue weighted by Gasteiger charge is 2.07. The smallest absolute Gasteiger partial charge is 0.0271 e. The summed E-state index contributed by atoms with van der Waals surface area (Å²) < 4.78 is 0. The first-order chi connectivity index (χ1) is 22.2. The number of benzene rings is 1. The Labute approximate surface area is 284 Å². The molecule has 0 heterocycles. The van der Waals surface area contributed by atoms with Crippen LogP contribution in [0.1, 0.15) is 230 Å². The van der Waals surface area contributed by atoms with Crippen LogP contribution >= 0.6 is 8.38 Å². The molecule has 1 aromatic carbocycles. The highest BCUT2D eigenvalue weighted by Crippen LogP contribution is 2.23. The van der Waals surface area contributed by atoms with Crippen LogP contribution in [-0.2, 0) is 12.8 Å². The summed E-state index contributed by atoms with van der Waals surface area (Å²) in [7, 11) is -2.52. The minimum atomic E-state index is -2.52. The van der Waals surface area contributed by atoms with E-state index in [9.17, 15) is 9.79 Å². The highest BCUT2D eigenvalue weighted by molar-refractivity contribution is 7.51. The summed E-state index contributed by atoms with van der Waals surface area (Å²) in [4.78, 5) is 24.0. The van der Waals surface area contributed by atoms with Crippen LogP contribution in [0.3, 0.4) is 0 Å². The Bertz CT molecular complexity index is 733. The molecule has 0 saturated heterocycles. The van der Waals surface area contributed by atoms with Gasteiger partial charge in [-0.05, 0) is 36.8 Å². The molecule has 0 unspecified atom stereocenters. The van der Waals surface area contributed by atoms with Gasteiger partial charge >= 0.3 is 0 Å². The third-order valence-corrected chi connectivity index (χ3v) is 10.8. The third kappa shape index (κ3) is 26.2. The van der Waals surface area contributed by atoms with Crippen molar-refractivity contribution < 1.29 is 9.79 Å². The number of hydrogen-bond acceptors (Lipinski definition) is 2. The molecule has 0 saturated carbocycles. The molecular formula is C42H77O2P-2.